The largest absolute Gasteiger partial charge is 0.378 e. The zero-order valence-corrected chi connectivity index (χ0v) is 20.7. The fourth-order valence-corrected chi connectivity index (χ4v) is 4.34. The average molecular weight is 535 g/mol. The third kappa shape index (κ3) is 5.88. The Morgan fingerprint density at radius 1 is 1.10 bits per heavy atom. The van der Waals surface area contributed by atoms with Crippen molar-refractivity contribution >= 4 is 35.8 Å². The fraction of sp³-hybridized carbons (Fsp3) is 0.500. The number of halogens is 1. The van der Waals surface area contributed by atoms with Crippen LogP contribution in [0.15, 0.2) is 53.7 Å². The van der Waals surface area contributed by atoms with Gasteiger partial charge in [0, 0.05) is 43.4 Å². The molecule has 2 aliphatic rings. The number of morpholine rings is 1. The first-order valence-corrected chi connectivity index (χ1v) is 11.1. The van der Waals surface area contributed by atoms with Crippen LogP contribution in [0.3, 0.4) is 0 Å². The molecule has 1 aliphatic carbocycles. The molecule has 0 amide bonds. The summed E-state index contributed by atoms with van der Waals surface area (Å²) < 4.78 is 5.49. The first-order valence-electron chi connectivity index (χ1n) is 11.1. The molecule has 2 N–H and O–H groups in total. The fourth-order valence-electron chi connectivity index (χ4n) is 4.34. The Labute approximate surface area is 202 Å². The lowest BCUT2D eigenvalue weighted by Crippen LogP contribution is -2.48. The quantitative estimate of drug-likeness (QED) is 0.322. The molecule has 2 aromatic rings. The lowest BCUT2D eigenvalue weighted by Gasteiger charge is -2.43. The molecular formula is C24H34IN5O. The van der Waals surface area contributed by atoms with Crippen molar-refractivity contribution in [3.63, 3.8) is 0 Å². The first kappa shape index (κ1) is 23.8. The molecule has 1 aliphatic heterocycles. The number of aromatic nitrogens is 1. The topological polar surface area (TPSA) is 61.8 Å². The number of benzene rings is 1. The number of nitrogens with zero attached hydrogens (tertiary/aromatic N) is 3. The van der Waals surface area contributed by atoms with E-state index in [1.54, 1.807) is 0 Å². The van der Waals surface area contributed by atoms with Crippen molar-refractivity contribution in [3.8, 4) is 0 Å². The van der Waals surface area contributed by atoms with E-state index in [1.165, 1.54) is 24.8 Å². The van der Waals surface area contributed by atoms with Gasteiger partial charge in [0.25, 0.3) is 0 Å². The van der Waals surface area contributed by atoms with Gasteiger partial charge in [-0.25, -0.2) is 9.98 Å². The molecule has 1 saturated carbocycles. The summed E-state index contributed by atoms with van der Waals surface area (Å²) in [5.74, 6) is 1.90. The molecule has 6 nitrogen and oxygen atoms in total. The van der Waals surface area contributed by atoms with E-state index in [-0.39, 0.29) is 29.4 Å². The van der Waals surface area contributed by atoms with Gasteiger partial charge in [-0.05, 0) is 31.4 Å². The van der Waals surface area contributed by atoms with Gasteiger partial charge in [0.1, 0.15) is 5.82 Å². The van der Waals surface area contributed by atoms with Crippen LogP contribution in [0.25, 0.3) is 0 Å². The van der Waals surface area contributed by atoms with E-state index in [2.05, 4.69) is 63.8 Å². The third-order valence-corrected chi connectivity index (χ3v) is 6.22. The van der Waals surface area contributed by atoms with Crippen molar-refractivity contribution in [1.82, 2.24) is 15.6 Å². The maximum atomic E-state index is 5.49. The monoisotopic (exact) mass is 535 g/mol. The van der Waals surface area contributed by atoms with Crippen LogP contribution in [-0.2, 0) is 16.7 Å². The Kier molecular flexibility index (Phi) is 8.95. The van der Waals surface area contributed by atoms with E-state index in [0.29, 0.717) is 6.54 Å². The molecule has 2 fully saturated rings. The normalized spacial score (nSPS) is 18.0. The molecule has 168 valence electrons. The molecule has 0 unspecified atom stereocenters. The van der Waals surface area contributed by atoms with Crippen molar-refractivity contribution in [2.45, 2.75) is 38.1 Å². The second-order valence-electron chi connectivity index (χ2n) is 8.13. The van der Waals surface area contributed by atoms with E-state index < -0.39 is 0 Å². The Bertz CT molecular complexity index is 835. The van der Waals surface area contributed by atoms with E-state index in [1.807, 2.05) is 12.3 Å². The molecule has 1 aromatic heterocycles. The standard InChI is InChI=1S/C24H33N5O.HI/c1-2-25-23(28-19-24(11-7-12-24)21-9-4-3-5-10-21)27-18-20-8-6-13-26-22(20)29-14-16-30-17-15-29;/h3-6,8-10,13H,2,7,11-12,14-19H2,1H3,(H2,25,27,28);1H. The second-order valence-corrected chi connectivity index (χ2v) is 8.13. The summed E-state index contributed by atoms with van der Waals surface area (Å²) in [5, 5.41) is 7.03. The van der Waals surface area contributed by atoms with Gasteiger partial charge in [0.05, 0.1) is 19.8 Å². The highest BCUT2D eigenvalue weighted by Crippen LogP contribution is 2.43. The number of pyridine rings is 1. The predicted molar refractivity (Wildman–Crippen MR) is 137 cm³/mol. The number of ether oxygens (including phenoxy) is 1. The number of rotatable bonds is 7. The number of hydrogen-bond acceptors (Lipinski definition) is 4. The maximum Gasteiger partial charge on any atom is 0.191 e. The van der Waals surface area contributed by atoms with E-state index in [4.69, 9.17) is 9.73 Å². The number of hydrogen-bond donors (Lipinski definition) is 2. The van der Waals surface area contributed by atoms with Crippen LogP contribution >= 0.6 is 24.0 Å². The van der Waals surface area contributed by atoms with Crippen LogP contribution in [-0.4, -0.2) is 50.3 Å². The lowest BCUT2D eigenvalue weighted by molar-refractivity contribution is 0.122. The van der Waals surface area contributed by atoms with Crippen LogP contribution < -0.4 is 15.5 Å². The van der Waals surface area contributed by atoms with E-state index in [0.717, 1.165) is 56.7 Å². The van der Waals surface area contributed by atoms with Crippen LogP contribution in [0.4, 0.5) is 5.82 Å². The third-order valence-electron chi connectivity index (χ3n) is 6.22. The number of guanidine groups is 1. The molecule has 2 heterocycles. The van der Waals surface area contributed by atoms with Crippen LogP contribution in [0.5, 0.6) is 0 Å². The van der Waals surface area contributed by atoms with Crippen molar-refractivity contribution in [1.29, 1.82) is 0 Å². The Balaban J connectivity index is 0.00000272. The van der Waals surface area contributed by atoms with Crippen molar-refractivity contribution < 1.29 is 4.74 Å². The lowest BCUT2D eigenvalue weighted by atomic mass is 9.64. The molecule has 7 heteroatoms. The summed E-state index contributed by atoms with van der Waals surface area (Å²) >= 11 is 0. The van der Waals surface area contributed by atoms with Gasteiger partial charge in [0.15, 0.2) is 5.96 Å². The van der Waals surface area contributed by atoms with Crippen molar-refractivity contribution in [2.75, 3.05) is 44.3 Å². The molecule has 0 radical (unpaired) electrons. The zero-order valence-electron chi connectivity index (χ0n) is 18.3. The van der Waals surface area contributed by atoms with E-state index in [9.17, 15) is 0 Å². The van der Waals surface area contributed by atoms with Gasteiger partial charge in [-0.2, -0.15) is 0 Å². The number of aliphatic imine (C=N–C) groups is 1. The highest BCUT2D eigenvalue weighted by molar-refractivity contribution is 14.0. The van der Waals surface area contributed by atoms with Gasteiger partial charge >= 0.3 is 0 Å². The minimum absolute atomic E-state index is 0. The van der Waals surface area contributed by atoms with Crippen LogP contribution in [0, 0.1) is 0 Å². The summed E-state index contributed by atoms with van der Waals surface area (Å²) in [4.78, 5) is 11.8. The Morgan fingerprint density at radius 2 is 1.87 bits per heavy atom. The molecule has 0 atom stereocenters. The zero-order chi connectivity index (χ0) is 20.7. The maximum absolute atomic E-state index is 5.49. The molecule has 0 bridgehead atoms. The summed E-state index contributed by atoms with van der Waals surface area (Å²) in [6.45, 7) is 7.73. The summed E-state index contributed by atoms with van der Waals surface area (Å²) in [5.41, 5.74) is 2.81. The Hall–Kier alpha value is -1.87. The highest BCUT2D eigenvalue weighted by atomic mass is 127. The molecular weight excluding hydrogens is 501 g/mol. The number of anilines is 1. The second kappa shape index (κ2) is 11.7. The molecule has 0 spiro atoms. The van der Waals surface area contributed by atoms with Gasteiger partial charge in [-0.1, -0.05) is 42.8 Å². The van der Waals surface area contributed by atoms with Crippen molar-refractivity contribution in [2.24, 2.45) is 4.99 Å². The van der Waals surface area contributed by atoms with E-state index >= 15 is 0 Å². The molecule has 1 saturated heterocycles. The SMILES string of the molecule is CCNC(=NCc1cccnc1N1CCOCC1)NCC1(c2ccccc2)CCC1.I. The first-order chi connectivity index (χ1) is 14.8. The summed E-state index contributed by atoms with van der Waals surface area (Å²) in [7, 11) is 0. The van der Waals surface area contributed by atoms with Crippen molar-refractivity contribution in [3.05, 3.63) is 59.8 Å². The summed E-state index contributed by atoms with van der Waals surface area (Å²) in [6, 6.07) is 15.0. The minimum atomic E-state index is 0. The highest BCUT2D eigenvalue weighted by Gasteiger charge is 2.38. The molecule has 1 aromatic carbocycles. The number of nitrogens with one attached hydrogen (secondary N) is 2. The molecule has 4 rings (SSSR count). The smallest absolute Gasteiger partial charge is 0.191 e. The predicted octanol–water partition coefficient (Wildman–Crippen LogP) is 3.71. The minimum Gasteiger partial charge on any atom is -0.378 e. The van der Waals surface area contributed by atoms with Gasteiger partial charge < -0.3 is 20.3 Å². The molecule has 31 heavy (non-hydrogen) atoms. The van der Waals surface area contributed by atoms with Gasteiger partial charge in [0.2, 0.25) is 0 Å². The van der Waals surface area contributed by atoms with Crippen LogP contribution in [0.1, 0.15) is 37.3 Å². The van der Waals surface area contributed by atoms with Crippen LogP contribution in [0.2, 0.25) is 0 Å². The van der Waals surface area contributed by atoms with Gasteiger partial charge in [-0.3, -0.25) is 0 Å². The summed E-state index contributed by atoms with van der Waals surface area (Å²) in [6.07, 6.45) is 5.62. The average Bonchev–Trinajstić information content (AvgIpc) is 2.78. The Morgan fingerprint density at radius 3 is 2.55 bits per heavy atom. The van der Waals surface area contributed by atoms with Gasteiger partial charge in [-0.15, -0.1) is 24.0 Å².